The number of hydrogen-bond donors (Lipinski definition) is 0. The molecule has 2 aliphatic rings. The second kappa shape index (κ2) is 5.47. The summed E-state index contributed by atoms with van der Waals surface area (Å²) in [6, 6.07) is 0. The van der Waals surface area contributed by atoms with E-state index in [-0.39, 0.29) is 5.54 Å². The quantitative estimate of drug-likeness (QED) is 0.810. The van der Waals surface area contributed by atoms with Gasteiger partial charge in [0, 0.05) is 18.0 Å². The largest absolute Gasteiger partial charge is 0.282 e. The first kappa shape index (κ1) is 14.1. The van der Waals surface area contributed by atoms with E-state index in [2.05, 4.69) is 55.3 Å². The second-order valence-electron chi connectivity index (χ2n) is 6.29. The van der Waals surface area contributed by atoms with Crippen molar-refractivity contribution >= 4 is 11.9 Å². The fourth-order valence-electron chi connectivity index (χ4n) is 3.02. The van der Waals surface area contributed by atoms with Gasteiger partial charge in [-0.3, -0.25) is 4.99 Å². The van der Waals surface area contributed by atoms with Gasteiger partial charge in [0.2, 0.25) is 0 Å². The van der Waals surface area contributed by atoms with Crippen LogP contribution in [-0.2, 0) is 5.54 Å². The monoisotopic (exact) mass is 281 g/mol. The molecule has 1 aromatic rings. The molecule has 0 radical (unpaired) electrons. The number of allylic oxidation sites excluding steroid dienone is 5. The lowest BCUT2D eigenvalue weighted by Crippen LogP contribution is -2.19. The smallest absolute Gasteiger partial charge is 0.0893 e. The Kier molecular flexibility index (Phi) is 3.66. The van der Waals surface area contributed by atoms with Crippen LogP contribution in [0.2, 0.25) is 0 Å². The molecule has 0 amide bonds. The standard InChI is InChI=1S/C18H23N3/c1-4-15-9-14(2)10-17(11-15)21-13-16(12-20-21)18(3)7-5-6-8-19-18/h5-6,8,10-14H,4,7,9H2,1-3H3. The minimum atomic E-state index is -0.175. The zero-order valence-electron chi connectivity index (χ0n) is 13.1. The number of nitrogens with zero attached hydrogens (tertiary/aromatic N) is 3. The van der Waals surface area contributed by atoms with E-state index >= 15 is 0 Å². The lowest BCUT2D eigenvalue weighted by molar-refractivity contribution is 0.504. The summed E-state index contributed by atoms with van der Waals surface area (Å²) in [6.07, 6.45) is 17.9. The van der Waals surface area contributed by atoms with Crippen LogP contribution in [0.1, 0.15) is 45.6 Å². The molecule has 0 spiro atoms. The first-order chi connectivity index (χ1) is 10.1. The van der Waals surface area contributed by atoms with Crippen molar-refractivity contribution in [2.75, 3.05) is 0 Å². The maximum atomic E-state index is 4.64. The van der Waals surface area contributed by atoms with Crippen LogP contribution in [0.4, 0.5) is 0 Å². The van der Waals surface area contributed by atoms with Crippen molar-refractivity contribution in [1.29, 1.82) is 0 Å². The van der Waals surface area contributed by atoms with Crippen LogP contribution < -0.4 is 0 Å². The highest BCUT2D eigenvalue weighted by Crippen LogP contribution is 2.32. The molecule has 0 aromatic carbocycles. The van der Waals surface area contributed by atoms with E-state index < -0.39 is 0 Å². The van der Waals surface area contributed by atoms with E-state index in [0.29, 0.717) is 5.92 Å². The fraction of sp³-hybridized carbons (Fsp3) is 0.444. The van der Waals surface area contributed by atoms with Crippen molar-refractivity contribution in [3.05, 3.63) is 47.8 Å². The summed E-state index contributed by atoms with van der Waals surface area (Å²) in [5.41, 5.74) is 3.69. The average molecular weight is 281 g/mol. The van der Waals surface area contributed by atoms with E-state index in [4.69, 9.17) is 0 Å². The van der Waals surface area contributed by atoms with E-state index in [0.717, 1.165) is 12.8 Å². The molecule has 110 valence electrons. The van der Waals surface area contributed by atoms with E-state index in [9.17, 15) is 0 Å². The minimum absolute atomic E-state index is 0.175. The maximum Gasteiger partial charge on any atom is 0.0893 e. The van der Waals surface area contributed by atoms with Crippen LogP contribution in [0.5, 0.6) is 0 Å². The number of hydrogen-bond acceptors (Lipinski definition) is 2. The van der Waals surface area contributed by atoms with Crippen LogP contribution in [0.25, 0.3) is 5.70 Å². The maximum absolute atomic E-state index is 4.64. The van der Waals surface area contributed by atoms with Crippen LogP contribution >= 0.6 is 0 Å². The second-order valence-corrected chi connectivity index (χ2v) is 6.29. The van der Waals surface area contributed by atoms with E-state index in [1.807, 2.05) is 23.2 Å². The Morgan fingerprint density at radius 2 is 2.29 bits per heavy atom. The first-order valence-electron chi connectivity index (χ1n) is 7.78. The molecule has 21 heavy (non-hydrogen) atoms. The lowest BCUT2D eigenvalue weighted by atomic mass is 9.90. The van der Waals surface area contributed by atoms with Crippen molar-refractivity contribution < 1.29 is 0 Å². The molecule has 0 saturated heterocycles. The van der Waals surface area contributed by atoms with Gasteiger partial charge in [-0.1, -0.05) is 31.6 Å². The number of aliphatic imine (C=N–C) groups is 1. The third kappa shape index (κ3) is 2.78. The molecule has 1 aromatic heterocycles. The van der Waals surface area contributed by atoms with Crippen LogP contribution in [0.3, 0.4) is 0 Å². The molecular weight excluding hydrogens is 258 g/mol. The number of aromatic nitrogens is 2. The van der Waals surface area contributed by atoms with Gasteiger partial charge in [0.05, 0.1) is 17.4 Å². The third-order valence-electron chi connectivity index (χ3n) is 4.41. The molecule has 1 aliphatic heterocycles. The Morgan fingerprint density at radius 1 is 1.43 bits per heavy atom. The van der Waals surface area contributed by atoms with Gasteiger partial charge in [0.15, 0.2) is 0 Å². The molecule has 2 heterocycles. The Labute approximate surface area is 126 Å². The lowest BCUT2D eigenvalue weighted by Gasteiger charge is -2.24. The number of rotatable bonds is 3. The highest BCUT2D eigenvalue weighted by Gasteiger charge is 2.27. The van der Waals surface area contributed by atoms with Gasteiger partial charge in [-0.15, -0.1) is 0 Å². The molecule has 0 bridgehead atoms. The predicted octanol–water partition coefficient (Wildman–Crippen LogP) is 4.35. The van der Waals surface area contributed by atoms with E-state index in [1.54, 1.807) is 0 Å². The molecular formula is C18H23N3. The number of dihydropyridines is 1. The third-order valence-corrected chi connectivity index (χ3v) is 4.41. The van der Waals surface area contributed by atoms with Crippen LogP contribution in [0, 0.1) is 5.92 Å². The Hall–Kier alpha value is -1.90. The highest BCUT2D eigenvalue weighted by atomic mass is 15.3. The summed E-state index contributed by atoms with van der Waals surface area (Å²) in [7, 11) is 0. The minimum Gasteiger partial charge on any atom is -0.282 e. The molecule has 0 N–H and O–H groups in total. The predicted molar refractivity (Wildman–Crippen MR) is 88.3 cm³/mol. The van der Waals surface area contributed by atoms with Gasteiger partial charge < -0.3 is 0 Å². The summed E-state index contributed by atoms with van der Waals surface area (Å²) in [6.45, 7) is 6.66. The Balaban J connectivity index is 1.90. The summed E-state index contributed by atoms with van der Waals surface area (Å²) in [5, 5.41) is 4.57. The zero-order chi connectivity index (χ0) is 14.9. The summed E-state index contributed by atoms with van der Waals surface area (Å²) < 4.78 is 2.00. The van der Waals surface area contributed by atoms with Gasteiger partial charge in [0.1, 0.15) is 0 Å². The molecule has 2 atom stereocenters. The van der Waals surface area contributed by atoms with Crippen LogP contribution in [0.15, 0.2) is 47.3 Å². The SMILES string of the molecule is CCC1=CC(n2cc(C3(C)CC=CC=N3)cn2)=CC(C)C1. The normalized spacial score (nSPS) is 28.4. The van der Waals surface area contributed by atoms with Gasteiger partial charge >= 0.3 is 0 Å². The van der Waals surface area contributed by atoms with E-state index in [1.165, 1.54) is 23.3 Å². The summed E-state index contributed by atoms with van der Waals surface area (Å²) in [5.74, 6) is 0.582. The Bertz CT molecular complexity index is 645. The van der Waals surface area contributed by atoms with Gasteiger partial charge in [-0.25, -0.2) is 4.68 Å². The highest BCUT2D eigenvalue weighted by molar-refractivity contribution is 5.73. The molecule has 3 heteroatoms. The fourth-order valence-corrected chi connectivity index (χ4v) is 3.02. The van der Waals surface area contributed by atoms with Crippen molar-refractivity contribution in [3.8, 4) is 0 Å². The average Bonchev–Trinajstić information content (AvgIpc) is 2.98. The molecule has 1 aliphatic carbocycles. The van der Waals surface area contributed by atoms with Gasteiger partial charge in [-0.2, -0.15) is 5.10 Å². The van der Waals surface area contributed by atoms with Crippen molar-refractivity contribution in [1.82, 2.24) is 9.78 Å². The molecule has 3 rings (SSSR count). The summed E-state index contributed by atoms with van der Waals surface area (Å²) >= 11 is 0. The van der Waals surface area contributed by atoms with Crippen molar-refractivity contribution in [3.63, 3.8) is 0 Å². The molecule has 3 nitrogen and oxygen atoms in total. The first-order valence-corrected chi connectivity index (χ1v) is 7.78. The zero-order valence-corrected chi connectivity index (χ0v) is 13.1. The van der Waals surface area contributed by atoms with Crippen LogP contribution in [-0.4, -0.2) is 16.0 Å². The molecule has 2 unspecified atom stereocenters. The summed E-state index contributed by atoms with van der Waals surface area (Å²) in [4.78, 5) is 4.64. The Morgan fingerprint density at radius 3 is 3.00 bits per heavy atom. The van der Waals surface area contributed by atoms with Gasteiger partial charge in [0.25, 0.3) is 0 Å². The molecule has 0 fully saturated rings. The van der Waals surface area contributed by atoms with Crippen molar-refractivity contribution in [2.45, 2.75) is 45.6 Å². The van der Waals surface area contributed by atoms with Gasteiger partial charge in [-0.05, 0) is 44.3 Å². The topological polar surface area (TPSA) is 30.2 Å². The molecule has 0 saturated carbocycles. The van der Waals surface area contributed by atoms with Crippen molar-refractivity contribution in [2.24, 2.45) is 10.9 Å².